The van der Waals surface area contributed by atoms with Crippen LogP contribution in [0.3, 0.4) is 0 Å². The first-order valence-corrected chi connectivity index (χ1v) is 14.2. The van der Waals surface area contributed by atoms with Crippen molar-refractivity contribution in [3.63, 3.8) is 0 Å². The van der Waals surface area contributed by atoms with Gasteiger partial charge in [0, 0.05) is 53.2 Å². The molecule has 1 saturated carbocycles. The lowest BCUT2D eigenvalue weighted by molar-refractivity contribution is 0.0950. The highest BCUT2D eigenvalue weighted by molar-refractivity contribution is 5.99. The first-order chi connectivity index (χ1) is 19.1. The molecule has 1 aliphatic rings. The van der Waals surface area contributed by atoms with Crippen LogP contribution in [0.25, 0.3) is 11.1 Å². The molecule has 0 unspecified atom stereocenters. The second-order valence-corrected chi connectivity index (χ2v) is 11.2. The monoisotopic (exact) mass is 542 g/mol. The van der Waals surface area contributed by atoms with Gasteiger partial charge in [-0.3, -0.25) is 14.4 Å². The Labute approximate surface area is 237 Å². The molecule has 7 heteroatoms. The second kappa shape index (κ2) is 12.6. The minimum Gasteiger partial charge on any atom is -0.369 e. The molecular formula is C33H42N4O3. The Kier molecular flexibility index (Phi) is 9.25. The lowest BCUT2D eigenvalue weighted by Crippen LogP contribution is -2.42. The van der Waals surface area contributed by atoms with Crippen molar-refractivity contribution in [2.75, 3.05) is 25.5 Å². The highest BCUT2D eigenvalue weighted by Gasteiger charge is 2.28. The summed E-state index contributed by atoms with van der Waals surface area (Å²) >= 11 is 0. The van der Waals surface area contributed by atoms with Crippen molar-refractivity contribution in [2.24, 2.45) is 0 Å². The number of H-pyrrole nitrogens is 1. The number of rotatable bonds is 9. The smallest absolute Gasteiger partial charge is 0.253 e. The summed E-state index contributed by atoms with van der Waals surface area (Å²) < 4.78 is 0. The fourth-order valence-corrected chi connectivity index (χ4v) is 6.03. The predicted molar refractivity (Wildman–Crippen MR) is 162 cm³/mol. The number of aryl methyl sites for hydroxylation is 2. The van der Waals surface area contributed by atoms with Gasteiger partial charge in [0.05, 0.1) is 0 Å². The number of carbonyl (C=O) groups excluding carboxylic acids is 2. The summed E-state index contributed by atoms with van der Waals surface area (Å²) in [5.74, 6) is -0.211. The molecule has 1 fully saturated rings. The highest BCUT2D eigenvalue weighted by atomic mass is 16.2. The number of anilines is 1. The molecule has 2 N–H and O–H groups in total. The highest BCUT2D eigenvalue weighted by Crippen LogP contribution is 2.35. The van der Waals surface area contributed by atoms with E-state index in [0.29, 0.717) is 28.8 Å². The van der Waals surface area contributed by atoms with Crippen LogP contribution in [-0.4, -0.2) is 54.8 Å². The third-order valence-corrected chi connectivity index (χ3v) is 8.41. The predicted octanol–water partition coefficient (Wildman–Crippen LogP) is 5.41. The Hall–Kier alpha value is -3.71. The molecule has 0 spiro atoms. The van der Waals surface area contributed by atoms with Gasteiger partial charge >= 0.3 is 0 Å². The van der Waals surface area contributed by atoms with Crippen molar-refractivity contribution in [1.29, 1.82) is 0 Å². The molecule has 1 amide bonds. The summed E-state index contributed by atoms with van der Waals surface area (Å²) in [7, 11) is 4.31. The van der Waals surface area contributed by atoms with E-state index in [4.69, 9.17) is 0 Å². The number of aromatic amines is 1. The normalized spacial score (nSPS) is 17.1. The van der Waals surface area contributed by atoms with Crippen LogP contribution in [0.15, 0.2) is 47.3 Å². The molecule has 0 saturated heterocycles. The maximum atomic E-state index is 13.7. The van der Waals surface area contributed by atoms with E-state index in [1.807, 2.05) is 45.0 Å². The minimum absolute atomic E-state index is 0.152. The molecule has 0 radical (unpaired) electrons. The number of hydrogen-bond acceptors (Lipinski definition) is 5. The Balaban J connectivity index is 1.71. The molecule has 4 rings (SSSR count). The Morgan fingerprint density at radius 2 is 1.62 bits per heavy atom. The molecule has 212 valence electrons. The van der Waals surface area contributed by atoms with Gasteiger partial charge in [-0.15, -0.1) is 0 Å². The maximum Gasteiger partial charge on any atom is 0.253 e. The molecule has 1 heterocycles. The van der Waals surface area contributed by atoms with Crippen LogP contribution in [0.4, 0.5) is 5.69 Å². The summed E-state index contributed by atoms with van der Waals surface area (Å²) in [4.78, 5) is 45.1. The molecule has 3 aromatic rings. The topological polar surface area (TPSA) is 85.5 Å². The molecule has 40 heavy (non-hydrogen) atoms. The van der Waals surface area contributed by atoms with E-state index in [1.165, 1.54) is 0 Å². The number of pyridine rings is 1. The number of amides is 1. The van der Waals surface area contributed by atoms with Gasteiger partial charge in [-0.1, -0.05) is 24.3 Å². The van der Waals surface area contributed by atoms with Crippen LogP contribution < -0.4 is 15.8 Å². The maximum absolute atomic E-state index is 13.7. The molecular weight excluding hydrogens is 500 g/mol. The van der Waals surface area contributed by atoms with Gasteiger partial charge < -0.3 is 20.1 Å². The summed E-state index contributed by atoms with van der Waals surface area (Å²) in [5.41, 5.74) is 7.09. The van der Waals surface area contributed by atoms with Gasteiger partial charge in [0.15, 0.2) is 0 Å². The lowest BCUT2D eigenvalue weighted by Gasteiger charge is -2.40. The van der Waals surface area contributed by atoms with Crippen LogP contribution in [-0.2, 0) is 6.54 Å². The zero-order chi connectivity index (χ0) is 29.0. The van der Waals surface area contributed by atoms with Gasteiger partial charge in [-0.25, -0.2) is 0 Å². The van der Waals surface area contributed by atoms with Crippen LogP contribution in [0.5, 0.6) is 0 Å². The van der Waals surface area contributed by atoms with E-state index in [0.717, 1.165) is 72.1 Å². The van der Waals surface area contributed by atoms with Gasteiger partial charge in [0.1, 0.15) is 6.29 Å². The van der Waals surface area contributed by atoms with Gasteiger partial charge in [0.25, 0.3) is 11.5 Å². The average molecular weight is 543 g/mol. The van der Waals surface area contributed by atoms with E-state index < -0.39 is 0 Å². The number of aromatic nitrogens is 1. The van der Waals surface area contributed by atoms with Crippen LogP contribution in [0, 0.1) is 20.8 Å². The number of carbonyl (C=O) groups is 2. The fraction of sp³-hybridized carbons (Fsp3) is 0.424. The number of aldehydes is 1. The fourth-order valence-electron chi connectivity index (χ4n) is 6.03. The van der Waals surface area contributed by atoms with E-state index >= 15 is 0 Å². The van der Waals surface area contributed by atoms with E-state index in [-0.39, 0.29) is 18.0 Å². The molecule has 0 atom stereocenters. The number of nitrogens with zero attached hydrogens (tertiary/aromatic N) is 2. The zero-order valence-corrected chi connectivity index (χ0v) is 24.6. The Morgan fingerprint density at radius 1 is 0.975 bits per heavy atom. The largest absolute Gasteiger partial charge is 0.369 e. The third kappa shape index (κ3) is 6.36. The first-order valence-electron chi connectivity index (χ1n) is 14.2. The quantitative estimate of drug-likeness (QED) is 0.353. The standard InChI is InChI=1S/C33H42N4O3/c1-7-37(28-14-12-27(13-15-28)36(5)6)31-18-26(25-10-8-24(20-38)9-11-25)17-29(23(31)4)32(39)34-19-30-21(2)16-22(3)35-33(30)40/h8-11,16-18,20,27-28H,7,12-15,19H2,1-6H3,(H,34,39)(H,35,40). The van der Waals surface area contributed by atoms with E-state index in [9.17, 15) is 14.4 Å². The van der Waals surface area contributed by atoms with Crippen LogP contribution in [0.1, 0.15) is 75.7 Å². The molecule has 7 nitrogen and oxygen atoms in total. The van der Waals surface area contributed by atoms with Crippen molar-refractivity contribution in [3.8, 4) is 11.1 Å². The summed E-state index contributed by atoms with van der Waals surface area (Å²) in [6.07, 6.45) is 5.34. The van der Waals surface area contributed by atoms with Crippen molar-refractivity contribution >= 4 is 17.9 Å². The molecule has 0 bridgehead atoms. The third-order valence-electron chi connectivity index (χ3n) is 8.41. The Bertz CT molecular complexity index is 1420. The van der Waals surface area contributed by atoms with E-state index in [1.54, 1.807) is 12.1 Å². The van der Waals surface area contributed by atoms with Gasteiger partial charge in [0.2, 0.25) is 0 Å². The first kappa shape index (κ1) is 29.3. The molecule has 2 aromatic carbocycles. The van der Waals surface area contributed by atoms with Crippen molar-refractivity contribution in [2.45, 2.75) is 72.0 Å². The summed E-state index contributed by atoms with van der Waals surface area (Å²) in [6.45, 7) is 8.92. The molecule has 1 aromatic heterocycles. The summed E-state index contributed by atoms with van der Waals surface area (Å²) in [6, 6.07) is 14.5. The van der Waals surface area contributed by atoms with Crippen molar-refractivity contribution in [1.82, 2.24) is 15.2 Å². The van der Waals surface area contributed by atoms with Crippen molar-refractivity contribution in [3.05, 3.63) is 86.3 Å². The minimum atomic E-state index is -0.211. The number of benzene rings is 2. The SMILES string of the molecule is CCN(c1cc(-c2ccc(C=O)cc2)cc(C(=O)NCc2c(C)cc(C)[nH]c2=O)c1C)C1CCC(N(C)C)CC1. The number of nitrogens with one attached hydrogen (secondary N) is 2. The molecule has 0 aliphatic heterocycles. The van der Waals surface area contributed by atoms with Crippen LogP contribution in [0.2, 0.25) is 0 Å². The van der Waals surface area contributed by atoms with Gasteiger partial charge in [-0.05, 0) is 108 Å². The number of hydrogen-bond donors (Lipinski definition) is 2. The second-order valence-electron chi connectivity index (χ2n) is 11.2. The van der Waals surface area contributed by atoms with E-state index in [2.05, 4.69) is 47.2 Å². The zero-order valence-electron chi connectivity index (χ0n) is 24.6. The summed E-state index contributed by atoms with van der Waals surface area (Å²) in [5, 5.41) is 3.01. The van der Waals surface area contributed by atoms with Crippen LogP contribution >= 0.6 is 0 Å². The van der Waals surface area contributed by atoms with Gasteiger partial charge in [-0.2, -0.15) is 0 Å². The average Bonchev–Trinajstić information content (AvgIpc) is 2.94. The van der Waals surface area contributed by atoms with Crippen molar-refractivity contribution < 1.29 is 9.59 Å². The lowest BCUT2D eigenvalue weighted by atomic mass is 9.88. The molecule has 1 aliphatic carbocycles. The Morgan fingerprint density at radius 3 is 2.20 bits per heavy atom.